The van der Waals surface area contributed by atoms with Gasteiger partial charge in [0.25, 0.3) is 0 Å². The highest BCUT2D eigenvalue weighted by molar-refractivity contribution is 9.10. The highest BCUT2D eigenvalue weighted by atomic mass is 79.9. The number of amides is 3. The standard InChI is InChI=1S/C12H16BrN3O3/c13-9-3-1-2-8(6-9)10(7-17)15-5-4-11(18)16-12(14)19/h1-3,6,10,15,17H,4-5,7H2,(H3,14,16,18,19). The first-order valence-electron chi connectivity index (χ1n) is 5.72. The molecule has 0 saturated heterocycles. The second-order valence-electron chi connectivity index (χ2n) is 3.91. The van der Waals surface area contributed by atoms with Crippen molar-refractivity contribution in [2.75, 3.05) is 13.2 Å². The van der Waals surface area contributed by atoms with Crippen molar-refractivity contribution in [1.82, 2.24) is 10.6 Å². The molecule has 5 N–H and O–H groups in total. The Hall–Kier alpha value is -1.44. The van der Waals surface area contributed by atoms with E-state index in [0.29, 0.717) is 6.54 Å². The summed E-state index contributed by atoms with van der Waals surface area (Å²) < 4.78 is 0.914. The van der Waals surface area contributed by atoms with Crippen LogP contribution in [-0.4, -0.2) is 30.2 Å². The summed E-state index contributed by atoms with van der Waals surface area (Å²) in [5.74, 6) is -0.453. The van der Waals surface area contributed by atoms with Crippen LogP contribution in [0.15, 0.2) is 28.7 Å². The summed E-state index contributed by atoms with van der Waals surface area (Å²) in [7, 11) is 0. The van der Waals surface area contributed by atoms with Crippen molar-refractivity contribution < 1.29 is 14.7 Å². The van der Waals surface area contributed by atoms with Gasteiger partial charge in [0.1, 0.15) is 0 Å². The van der Waals surface area contributed by atoms with Gasteiger partial charge in [-0.2, -0.15) is 0 Å². The van der Waals surface area contributed by atoms with Gasteiger partial charge in [0.15, 0.2) is 0 Å². The number of aliphatic hydroxyl groups is 1. The van der Waals surface area contributed by atoms with Crippen molar-refractivity contribution >= 4 is 27.9 Å². The van der Waals surface area contributed by atoms with Crippen LogP contribution in [0.1, 0.15) is 18.0 Å². The zero-order valence-corrected chi connectivity index (χ0v) is 11.8. The maximum Gasteiger partial charge on any atom is 0.318 e. The zero-order chi connectivity index (χ0) is 14.3. The van der Waals surface area contributed by atoms with E-state index < -0.39 is 11.9 Å². The fourth-order valence-electron chi connectivity index (χ4n) is 1.57. The number of imide groups is 1. The minimum Gasteiger partial charge on any atom is -0.394 e. The first kappa shape index (κ1) is 15.6. The van der Waals surface area contributed by atoms with Crippen LogP contribution >= 0.6 is 15.9 Å². The van der Waals surface area contributed by atoms with Crippen molar-refractivity contribution in [3.8, 4) is 0 Å². The summed E-state index contributed by atoms with van der Waals surface area (Å²) in [5.41, 5.74) is 5.73. The lowest BCUT2D eigenvalue weighted by molar-refractivity contribution is -0.119. The van der Waals surface area contributed by atoms with Gasteiger partial charge in [0.05, 0.1) is 12.6 Å². The third-order valence-electron chi connectivity index (χ3n) is 2.44. The second kappa shape index (κ2) is 7.88. The van der Waals surface area contributed by atoms with E-state index in [9.17, 15) is 14.7 Å². The molecule has 1 aromatic rings. The summed E-state index contributed by atoms with van der Waals surface area (Å²) in [6.45, 7) is 0.241. The fourth-order valence-corrected chi connectivity index (χ4v) is 1.99. The van der Waals surface area contributed by atoms with Crippen LogP contribution in [0.25, 0.3) is 0 Å². The molecule has 1 aromatic carbocycles. The number of rotatable bonds is 6. The van der Waals surface area contributed by atoms with Gasteiger partial charge in [-0.05, 0) is 17.7 Å². The Labute approximate surface area is 119 Å². The van der Waals surface area contributed by atoms with Crippen molar-refractivity contribution in [3.63, 3.8) is 0 Å². The maximum atomic E-state index is 11.2. The molecule has 1 unspecified atom stereocenters. The summed E-state index contributed by atoms with van der Waals surface area (Å²) in [6, 6.07) is 6.39. The first-order chi connectivity index (χ1) is 9.02. The zero-order valence-electron chi connectivity index (χ0n) is 10.2. The molecule has 0 radical (unpaired) electrons. The molecule has 0 saturated carbocycles. The average molecular weight is 330 g/mol. The van der Waals surface area contributed by atoms with Gasteiger partial charge in [-0.15, -0.1) is 0 Å². The van der Waals surface area contributed by atoms with Crippen LogP contribution in [0.3, 0.4) is 0 Å². The summed E-state index contributed by atoms with van der Waals surface area (Å²) in [4.78, 5) is 21.6. The van der Waals surface area contributed by atoms with Crippen LogP contribution in [0.4, 0.5) is 4.79 Å². The number of hydrogen-bond donors (Lipinski definition) is 4. The number of halogens is 1. The molecule has 0 spiro atoms. The van der Waals surface area contributed by atoms with Crippen molar-refractivity contribution in [3.05, 3.63) is 34.3 Å². The third kappa shape index (κ3) is 5.82. The Morgan fingerprint density at radius 1 is 1.42 bits per heavy atom. The molecule has 19 heavy (non-hydrogen) atoms. The second-order valence-corrected chi connectivity index (χ2v) is 4.82. The number of nitrogens with two attached hydrogens (primary N) is 1. The maximum absolute atomic E-state index is 11.2. The minimum atomic E-state index is -0.865. The number of carbonyl (C=O) groups is 2. The lowest BCUT2D eigenvalue weighted by atomic mass is 10.1. The summed E-state index contributed by atoms with van der Waals surface area (Å²) in [5, 5.41) is 14.3. The van der Waals surface area contributed by atoms with E-state index in [1.165, 1.54) is 0 Å². The molecule has 0 aromatic heterocycles. The van der Waals surface area contributed by atoms with E-state index in [0.717, 1.165) is 10.0 Å². The number of urea groups is 1. The number of nitrogens with one attached hydrogen (secondary N) is 2. The Balaban J connectivity index is 2.45. The molecule has 7 heteroatoms. The Morgan fingerprint density at radius 2 is 2.16 bits per heavy atom. The molecule has 1 atom stereocenters. The number of aliphatic hydroxyl groups excluding tert-OH is 1. The van der Waals surface area contributed by atoms with E-state index >= 15 is 0 Å². The van der Waals surface area contributed by atoms with E-state index in [1.807, 2.05) is 29.6 Å². The number of primary amides is 1. The van der Waals surface area contributed by atoms with Gasteiger partial charge in [-0.3, -0.25) is 10.1 Å². The van der Waals surface area contributed by atoms with Crippen molar-refractivity contribution in [1.29, 1.82) is 0 Å². The molecule has 1 rings (SSSR count). The Morgan fingerprint density at radius 3 is 2.74 bits per heavy atom. The molecule has 0 aliphatic rings. The van der Waals surface area contributed by atoms with Gasteiger partial charge in [-0.25, -0.2) is 4.79 Å². The molecule has 0 aliphatic heterocycles. The lowest BCUT2D eigenvalue weighted by Gasteiger charge is -2.16. The smallest absolute Gasteiger partial charge is 0.318 e. The first-order valence-corrected chi connectivity index (χ1v) is 6.51. The molecule has 104 valence electrons. The van der Waals surface area contributed by atoms with Crippen LogP contribution < -0.4 is 16.4 Å². The quantitative estimate of drug-likeness (QED) is 0.615. The lowest BCUT2D eigenvalue weighted by Crippen LogP contribution is -2.37. The van der Waals surface area contributed by atoms with E-state index in [2.05, 4.69) is 21.2 Å². The number of hydrogen-bond acceptors (Lipinski definition) is 4. The Bertz CT molecular complexity index is 454. The molecule has 0 fully saturated rings. The molecule has 6 nitrogen and oxygen atoms in total. The van der Waals surface area contributed by atoms with E-state index in [4.69, 9.17) is 5.73 Å². The highest BCUT2D eigenvalue weighted by Crippen LogP contribution is 2.17. The van der Waals surface area contributed by atoms with Gasteiger partial charge in [-0.1, -0.05) is 28.1 Å². The topological polar surface area (TPSA) is 104 Å². The molecule has 0 bridgehead atoms. The monoisotopic (exact) mass is 329 g/mol. The molecular weight excluding hydrogens is 314 g/mol. The average Bonchev–Trinajstić information content (AvgIpc) is 2.33. The van der Waals surface area contributed by atoms with Gasteiger partial charge in [0.2, 0.25) is 5.91 Å². The van der Waals surface area contributed by atoms with Crippen LogP contribution in [0.5, 0.6) is 0 Å². The van der Waals surface area contributed by atoms with E-state index in [-0.39, 0.29) is 19.1 Å². The van der Waals surface area contributed by atoms with Crippen LogP contribution in [0.2, 0.25) is 0 Å². The Kier molecular flexibility index (Phi) is 6.48. The minimum absolute atomic E-state index is 0.0894. The fraction of sp³-hybridized carbons (Fsp3) is 0.333. The molecular formula is C12H16BrN3O3. The number of benzene rings is 1. The SMILES string of the molecule is NC(=O)NC(=O)CCNC(CO)c1cccc(Br)c1. The summed E-state index contributed by atoms with van der Waals surface area (Å²) in [6.07, 6.45) is 0.105. The molecule has 0 aliphatic carbocycles. The normalized spacial score (nSPS) is 11.9. The summed E-state index contributed by atoms with van der Waals surface area (Å²) >= 11 is 3.35. The predicted molar refractivity (Wildman–Crippen MR) is 74.3 cm³/mol. The largest absolute Gasteiger partial charge is 0.394 e. The van der Waals surface area contributed by atoms with Crippen molar-refractivity contribution in [2.45, 2.75) is 12.5 Å². The van der Waals surface area contributed by atoms with Crippen molar-refractivity contribution in [2.24, 2.45) is 5.73 Å². The van der Waals surface area contributed by atoms with Gasteiger partial charge in [0, 0.05) is 17.4 Å². The van der Waals surface area contributed by atoms with E-state index in [1.54, 1.807) is 0 Å². The number of carbonyl (C=O) groups excluding carboxylic acids is 2. The molecule has 3 amide bonds. The van der Waals surface area contributed by atoms with Crippen LogP contribution in [-0.2, 0) is 4.79 Å². The van der Waals surface area contributed by atoms with Crippen LogP contribution in [0, 0.1) is 0 Å². The third-order valence-corrected chi connectivity index (χ3v) is 2.93. The predicted octanol–water partition coefficient (Wildman–Crippen LogP) is 0.657. The molecule has 0 heterocycles. The van der Waals surface area contributed by atoms with Gasteiger partial charge < -0.3 is 16.2 Å². The van der Waals surface area contributed by atoms with Gasteiger partial charge >= 0.3 is 6.03 Å². The highest BCUT2D eigenvalue weighted by Gasteiger charge is 2.11.